The SMILES string of the molecule is CC(=O)c1sc(N2N=C3C(=Cc4ccccc4)CCCC3C2c2ccccc2)nc1C. The number of ketones is 1. The third kappa shape index (κ3) is 3.74. The maximum atomic E-state index is 12.1. The van der Waals surface area contributed by atoms with E-state index < -0.39 is 0 Å². The first-order chi connectivity index (χ1) is 15.1. The van der Waals surface area contributed by atoms with E-state index in [0.29, 0.717) is 5.92 Å². The third-order valence-corrected chi connectivity index (χ3v) is 7.33. The molecule has 1 saturated carbocycles. The summed E-state index contributed by atoms with van der Waals surface area (Å²) in [6, 6.07) is 21.1. The summed E-state index contributed by atoms with van der Waals surface area (Å²) in [6.45, 7) is 3.51. The molecule has 4 nitrogen and oxygen atoms in total. The minimum atomic E-state index is 0.0615. The molecule has 1 aliphatic heterocycles. The molecule has 2 atom stereocenters. The van der Waals surface area contributed by atoms with Gasteiger partial charge in [-0.05, 0) is 49.0 Å². The van der Waals surface area contributed by atoms with Crippen molar-refractivity contribution in [1.29, 1.82) is 0 Å². The fourth-order valence-corrected chi connectivity index (χ4v) is 5.65. The molecular formula is C26H25N3OS. The molecule has 0 saturated heterocycles. The van der Waals surface area contributed by atoms with Crippen LogP contribution < -0.4 is 5.01 Å². The van der Waals surface area contributed by atoms with E-state index >= 15 is 0 Å². The highest BCUT2D eigenvalue weighted by Gasteiger charge is 2.43. The molecule has 0 bridgehead atoms. The van der Waals surface area contributed by atoms with Gasteiger partial charge in [0.25, 0.3) is 0 Å². The van der Waals surface area contributed by atoms with Gasteiger partial charge in [0.05, 0.1) is 22.3 Å². The van der Waals surface area contributed by atoms with Crippen LogP contribution in [0.4, 0.5) is 5.13 Å². The Kier molecular flexibility index (Phi) is 5.28. The fourth-order valence-electron chi connectivity index (χ4n) is 4.70. The number of benzene rings is 2. The number of hydrogen-bond donors (Lipinski definition) is 0. The molecule has 5 heteroatoms. The van der Waals surface area contributed by atoms with Crippen LogP contribution >= 0.6 is 11.3 Å². The maximum absolute atomic E-state index is 12.1. The van der Waals surface area contributed by atoms with E-state index in [0.717, 1.165) is 35.0 Å². The molecule has 3 aromatic rings. The van der Waals surface area contributed by atoms with Crippen molar-refractivity contribution in [3.8, 4) is 0 Å². The number of carbonyl (C=O) groups is 1. The molecule has 0 radical (unpaired) electrons. The van der Waals surface area contributed by atoms with Gasteiger partial charge in [0.1, 0.15) is 0 Å². The van der Waals surface area contributed by atoms with Crippen LogP contribution in [0, 0.1) is 12.8 Å². The van der Waals surface area contributed by atoms with Gasteiger partial charge in [0.15, 0.2) is 5.78 Å². The van der Waals surface area contributed by atoms with Gasteiger partial charge >= 0.3 is 0 Å². The topological polar surface area (TPSA) is 45.6 Å². The van der Waals surface area contributed by atoms with E-state index in [9.17, 15) is 4.79 Å². The second-order valence-corrected chi connectivity index (χ2v) is 9.21. The Bertz CT molecular complexity index is 1160. The van der Waals surface area contributed by atoms with Crippen LogP contribution in [0.1, 0.15) is 58.7 Å². The minimum absolute atomic E-state index is 0.0615. The van der Waals surface area contributed by atoms with Gasteiger partial charge in [-0.25, -0.2) is 9.99 Å². The highest BCUT2D eigenvalue weighted by Crippen LogP contribution is 2.47. The number of hydrogen-bond acceptors (Lipinski definition) is 5. The van der Waals surface area contributed by atoms with Gasteiger partial charge in [-0.2, -0.15) is 5.10 Å². The lowest BCUT2D eigenvalue weighted by Gasteiger charge is -2.29. The quantitative estimate of drug-likeness (QED) is 0.449. The van der Waals surface area contributed by atoms with Gasteiger partial charge in [-0.1, -0.05) is 72.0 Å². The predicted octanol–water partition coefficient (Wildman–Crippen LogP) is 6.46. The zero-order chi connectivity index (χ0) is 21.4. The van der Waals surface area contributed by atoms with E-state index in [1.54, 1.807) is 6.92 Å². The number of aromatic nitrogens is 1. The highest BCUT2D eigenvalue weighted by molar-refractivity contribution is 7.17. The van der Waals surface area contributed by atoms with Crippen molar-refractivity contribution in [2.75, 3.05) is 5.01 Å². The third-order valence-electron chi connectivity index (χ3n) is 6.08. The summed E-state index contributed by atoms with van der Waals surface area (Å²) in [5.41, 5.74) is 5.71. The maximum Gasteiger partial charge on any atom is 0.207 e. The van der Waals surface area contributed by atoms with Crippen molar-refractivity contribution in [3.63, 3.8) is 0 Å². The van der Waals surface area contributed by atoms with Crippen LogP contribution in [0.5, 0.6) is 0 Å². The minimum Gasteiger partial charge on any atom is -0.294 e. The molecule has 1 fully saturated rings. The highest BCUT2D eigenvalue weighted by atomic mass is 32.1. The van der Waals surface area contributed by atoms with Gasteiger partial charge in [0.2, 0.25) is 5.13 Å². The first-order valence-corrected chi connectivity index (χ1v) is 11.6. The molecular weight excluding hydrogens is 402 g/mol. The Morgan fingerprint density at radius 2 is 1.81 bits per heavy atom. The fraction of sp³-hybridized carbons (Fsp3) is 0.269. The van der Waals surface area contributed by atoms with E-state index in [1.165, 1.54) is 33.7 Å². The summed E-state index contributed by atoms with van der Waals surface area (Å²) in [5.74, 6) is 0.377. The first-order valence-electron chi connectivity index (χ1n) is 10.8. The molecule has 1 aliphatic carbocycles. The predicted molar refractivity (Wildman–Crippen MR) is 128 cm³/mol. The normalized spacial score (nSPS) is 21.8. The Morgan fingerprint density at radius 1 is 1.10 bits per heavy atom. The number of thiazole rings is 1. The van der Waals surface area contributed by atoms with Crippen LogP contribution in [-0.2, 0) is 0 Å². The molecule has 0 amide bonds. The molecule has 5 rings (SSSR count). The van der Waals surface area contributed by atoms with Crippen molar-refractivity contribution in [2.45, 2.75) is 39.2 Å². The Balaban J connectivity index is 1.61. The summed E-state index contributed by atoms with van der Waals surface area (Å²) < 4.78 is 0. The van der Waals surface area contributed by atoms with Crippen molar-refractivity contribution in [1.82, 2.24) is 4.98 Å². The number of carbonyl (C=O) groups excluding carboxylic acids is 1. The van der Waals surface area contributed by atoms with Gasteiger partial charge in [-0.3, -0.25) is 4.79 Å². The average molecular weight is 428 g/mol. The molecule has 1 aromatic heterocycles. The molecule has 0 N–H and O–H groups in total. The lowest BCUT2D eigenvalue weighted by Crippen LogP contribution is -2.28. The van der Waals surface area contributed by atoms with Gasteiger partial charge in [-0.15, -0.1) is 0 Å². The summed E-state index contributed by atoms with van der Waals surface area (Å²) in [7, 11) is 0. The van der Waals surface area contributed by atoms with E-state index in [-0.39, 0.29) is 11.8 Å². The van der Waals surface area contributed by atoms with Gasteiger partial charge in [0, 0.05) is 12.8 Å². The monoisotopic (exact) mass is 427 g/mol. The Morgan fingerprint density at radius 3 is 2.48 bits per heavy atom. The van der Waals surface area contributed by atoms with Crippen molar-refractivity contribution in [3.05, 3.63) is 87.9 Å². The van der Waals surface area contributed by atoms with E-state index in [4.69, 9.17) is 10.1 Å². The van der Waals surface area contributed by atoms with E-state index in [1.807, 2.05) is 19.1 Å². The summed E-state index contributed by atoms with van der Waals surface area (Å²) in [6.07, 6.45) is 5.57. The smallest absolute Gasteiger partial charge is 0.207 e. The second kappa shape index (κ2) is 8.23. The Labute approximate surface area is 187 Å². The molecule has 2 unspecified atom stereocenters. The number of aryl methyl sites for hydroxylation is 1. The zero-order valence-electron chi connectivity index (χ0n) is 17.8. The van der Waals surface area contributed by atoms with Crippen LogP contribution in [0.15, 0.2) is 71.3 Å². The zero-order valence-corrected chi connectivity index (χ0v) is 18.6. The summed E-state index contributed by atoms with van der Waals surface area (Å²) in [4.78, 5) is 17.5. The van der Waals surface area contributed by atoms with Gasteiger partial charge < -0.3 is 0 Å². The summed E-state index contributed by atoms with van der Waals surface area (Å²) >= 11 is 1.45. The Hall–Kier alpha value is -3.05. The second-order valence-electron chi connectivity index (χ2n) is 8.23. The average Bonchev–Trinajstić information content (AvgIpc) is 3.36. The molecule has 31 heavy (non-hydrogen) atoms. The molecule has 2 aliphatic rings. The van der Waals surface area contributed by atoms with Crippen molar-refractivity contribution in [2.24, 2.45) is 11.0 Å². The van der Waals surface area contributed by atoms with Crippen LogP contribution in [0.2, 0.25) is 0 Å². The number of nitrogens with zero attached hydrogens (tertiary/aromatic N) is 3. The lowest BCUT2D eigenvalue weighted by molar-refractivity contribution is 0.102. The number of Topliss-reactive ketones (excluding diaryl/α,β-unsaturated/α-hetero) is 1. The number of rotatable bonds is 4. The molecule has 2 aromatic carbocycles. The number of hydrazone groups is 1. The van der Waals surface area contributed by atoms with Crippen LogP contribution in [0.3, 0.4) is 0 Å². The van der Waals surface area contributed by atoms with E-state index in [2.05, 4.69) is 59.6 Å². The lowest BCUT2D eigenvalue weighted by atomic mass is 9.77. The first kappa shape index (κ1) is 19.9. The number of allylic oxidation sites excluding steroid dienone is 1. The van der Waals surface area contributed by atoms with Crippen molar-refractivity contribution >= 4 is 34.0 Å². The molecule has 2 heterocycles. The number of fused-ring (bicyclic) bond motifs is 1. The van der Waals surface area contributed by atoms with Crippen LogP contribution in [-0.4, -0.2) is 16.5 Å². The standard InChI is InChI=1S/C26H25N3OS/c1-17-25(18(2)30)31-26(27-17)29-24(20-12-7-4-8-13-20)22-15-9-14-21(23(22)28-29)16-19-10-5-3-6-11-19/h3-8,10-13,16,22,24H,9,14-15H2,1-2H3. The van der Waals surface area contributed by atoms with Crippen molar-refractivity contribution < 1.29 is 4.79 Å². The van der Waals surface area contributed by atoms with Crippen LogP contribution in [0.25, 0.3) is 6.08 Å². The summed E-state index contributed by atoms with van der Waals surface area (Å²) in [5, 5.41) is 8.02. The number of anilines is 1. The molecule has 156 valence electrons. The largest absolute Gasteiger partial charge is 0.294 e. The molecule has 0 spiro atoms.